The van der Waals surface area contributed by atoms with Crippen molar-refractivity contribution >= 4 is 11.9 Å². The molecule has 0 bridgehead atoms. The van der Waals surface area contributed by atoms with E-state index in [2.05, 4.69) is 10.2 Å². The summed E-state index contributed by atoms with van der Waals surface area (Å²) in [4.78, 5) is 25.4. The number of alkyl halides is 3. The van der Waals surface area contributed by atoms with Crippen LogP contribution in [0.15, 0.2) is 0 Å². The van der Waals surface area contributed by atoms with Gasteiger partial charge in [-0.1, -0.05) is 6.42 Å². The fourth-order valence-electron chi connectivity index (χ4n) is 3.63. The van der Waals surface area contributed by atoms with E-state index in [0.717, 1.165) is 18.9 Å². The molecule has 132 valence electrons. The summed E-state index contributed by atoms with van der Waals surface area (Å²) >= 11 is 0. The summed E-state index contributed by atoms with van der Waals surface area (Å²) in [5.74, 6) is 0.284. The van der Waals surface area contributed by atoms with Crippen LogP contribution in [0.4, 0.5) is 18.0 Å². The molecule has 5 nitrogen and oxygen atoms in total. The van der Waals surface area contributed by atoms with Crippen LogP contribution in [-0.2, 0) is 4.79 Å². The largest absolute Gasteiger partial charge is 0.390 e. The van der Waals surface area contributed by atoms with Crippen LogP contribution >= 0.6 is 0 Å². The highest BCUT2D eigenvalue weighted by Crippen LogP contribution is 2.36. The molecule has 1 aliphatic carbocycles. The van der Waals surface area contributed by atoms with Crippen LogP contribution in [0.3, 0.4) is 0 Å². The molecular formula is C15H24F3N3O2. The molecule has 3 amide bonds. The lowest BCUT2D eigenvalue weighted by molar-refractivity contribution is -0.132. The first-order valence-corrected chi connectivity index (χ1v) is 8.23. The SMILES string of the molecule is O=C(CCN1CCCC2CCCC21)NC(=O)NCCC(F)(F)F. The van der Waals surface area contributed by atoms with Crippen LogP contribution in [0.5, 0.6) is 0 Å². The van der Waals surface area contributed by atoms with Gasteiger partial charge < -0.3 is 5.32 Å². The average molecular weight is 335 g/mol. The first-order valence-electron chi connectivity index (χ1n) is 8.23. The number of nitrogens with zero attached hydrogens (tertiary/aromatic N) is 1. The molecule has 2 N–H and O–H groups in total. The highest BCUT2D eigenvalue weighted by molar-refractivity contribution is 5.94. The van der Waals surface area contributed by atoms with E-state index >= 15 is 0 Å². The Balaban J connectivity index is 1.63. The predicted molar refractivity (Wildman–Crippen MR) is 78.8 cm³/mol. The number of fused-ring (bicyclic) bond motifs is 1. The van der Waals surface area contributed by atoms with Crippen molar-refractivity contribution in [2.24, 2.45) is 5.92 Å². The Labute approximate surface area is 134 Å². The zero-order valence-electron chi connectivity index (χ0n) is 13.1. The van der Waals surface area contributed by atoms with Crippen LogP contribution in [0.25, 0.3) is 0 Å². The molecule has 0 aromatic rings. The lowest BCUT2D eigenvalue weighted by Gasteiger charge is -2.37. The van der Waals surface area contributed by atoms with Crippen LogP contribution in [-0.4, -0.2) is 48.7 Å². The molecule has 1 saturated heterocycles. The Morgan fingerprint density at radius 2 is 1.87 bits per heavy atom. The second-order valence-electron chi connectivity index (χ2n) is 6.36. The number of imide groups is 1. The number of hydrogen-bond donors (Lipinski definition) is 2. The van der Waals surface area contributed by atoms with E-state index in [1.165, 1.54) is 25.7 Å². The zero-order chi connectivity index (χ0) is 16.9. The van der Waals surface area contributed by atoms with Gasteiger partial charge >= 0.3 is 12.2 Å². The van der Waals surface area contributed by atoms with Gasteiger partial charge in [-0.25, -0.2) is 4.79 Å². The molecule has 0 radical (unpaired) electrons. The third-order valence-corrected chi connectivity index (χ3v) is 4.68. The molecular weight excluding hydrogens is 311 g/mol. The monoisotopic (exact) mass is 335 g/mol. The van der Waals surface area contributed by atoms with Gasteiger partial charge in [-0.05, 0) is 38.1 Å². The van der Waals surface area contributed by atoms with Gasteiger partial charge in [0.2, 0.25) is 5.91 Å². The Kier molecular flexibility index (Phi) is 6.26. The Hall–Kier alpha value is -1.31. The van der Waals surface area contributed by atoms with E-state index < -0.39 is 31.1 Å². The molecule has 8 heteroatoms. The normalized spacial score (nSPS) is 25.0. The molecule has 1 aliphatic heterocycles. The van der Waals surface area contributed by atoms with Gasteiger partial charge in [0, 0.05) is 25.6 Å². The summed E-state index contributed by atoms with van der Waals surface area (Å²) in [6.45, 7) is 1.05. The molecule has 0 aromatic carbocycles. The minimum Gasteiger partial charge on any atom is -0.337 e. The summed E-state index contributed by atoms with van der Waals surface area (Å²) in [6, 6.07) is -0.311. The van der Waals surface area contributed by atoms with Gasteiger partial charge in [-0.15, -0.1) is 0 Å². The molecule has 2 unspecified atom stereocenters. The predicted octanol–water partition coefficient (Wildman–Crippen LogP) is 2.42. The van der Waals surface area contributed by atoms with Crippen LogP contribution in [0.2, 0.25) is 0 Å². The topological polar surface area (TPSA) is 61.4 Å². The molecule has 2 atom stereocenters. The van der Waals surface area contributed by atoms with E-state index in [1.54, 1.807) is 0 Å². The van der Waals surface area contributed by atoms with Crippen molar-refractivity contribution < 1.29 is 22.8 Å². The van der Waals surface area contributed by atoms with Gasteiger partial charge in [0.1, 0.15) is 0 Å². The van der Waals surface area contributed by atoms with Gasteiger partial charge in [0.15, 0.2) is 0 Å². The number of carbonyl (C=O) groups is 2. The van der Waals surface area contributed by atoms with Gasteiger partial charge in [0.25, 0.3) is 0 Å². The van der Waals surface area contributed by atoms with Gasteiger partial charge in [0.05, 0.1) is 6.42 Å². The number of hydrogen-bond acceptors (Lipinski definition) is 3. The standard InChI is InChI=1S/C15H24F3N3O2/c16-15(17,18)7-8-19-14(23)20-13(22)6-10-21-9-2-4-11-3-1-5-12(11)21/h11-12H,1-10H2,(H2,19,20,22,23). The average Bonchev–Trinajstić information content (AvgIpc) is 2.92. The van der Waals surface area contributed by atoms with Crippen molar-refractivity contribution in [3.8, 4) is 0 Å². The minimum atomic E-state index is -4.32. The van der Waals surface area contributed by atoms with Crippen LogP contribution in [0, 0.1) is 5.92 Å². The van der Waals surface area contributed by atoms with E-state index in [9.17, 15) is 22.8 Å². The van der Waals surface area contributed by atoms with Crippen molar-refractivity contribution in [1.82, 2.24) is 15.5 Å². The molecule has 2 fully saturated rings. The first kappa shape index (κ1) is 18.0. The minimum absolute atomic E-state index is 0.190. The highest BCUT2D eigenvalue weighted by Gasteiger charge is 2.34. The summed E-state index contributed by atoms with van der Waals surface area (Å²) in [5.41, 5.74) is 0. The number of carbonyl (C=O) groups excluding carboxylic acids is 2. The maximum absolute atomic E-state index is 12.0. The highest BCUT2D eigenvalue weighted by atomic mass is 19.4. The summed E-state index contributed by atoms with van der Waals surface area (Å²) in [5, 5.41) is 4.12. The molecule has 2 rings (SSSR count). The molecule has 23 heavy (non-hydrogen) atoms. The summed E-state index contributed by atoms with van der Waals surface area (Å²) in [6.07, 6.45) is 0.833. The van der Waals surface area contributed by atoms with Crippen LogP contribution in [0.1, 0.15) is 44.9 Å². The molecule has 1 saturated carbocycles. The summed E-state index contributed by atoms with van der Waals surface area (Å²) < 4.78 is 35.9. The smallest absolute Gasteiger partial charge is 0.337 e. The fraction of sp³-hybridized carbons (Fsp3) is 0.867. The number of halogens is 3. The lowest BCUT2D eigenvalue weighted by atomic mass is 9.92. The van der Waals surface area contributed by atoms with Crippen molar-refractivity contribution in [3.05, 3.63) is 0 Å². The number of nitrogens with one attached hydrogen (secondary N) is 2. The number of piperidine rings is 1. The second-order valence-corrected chi connectivity index (χ2v) is 6.36. The molecule has 2 aliphatic rings. The molecule has 0 spiro atoms. The number of likely N-dealkylation sites (tertiary alicyclic amines) is 1. The van der Waals surface area contributed by atoms with E-state index in [1.807, 2.05) is 5.32 Å². The molecule has 0 aromatic heterocycles. The Morgan fingerprint density at radius 1 is 1.13 bits per heavy atom. The van der Waals surface area contributed by atoms with Gasteiger partial charge in [-0.2, -0.15) is 13.2 Å². The third-order valence-electron chi connectivity index (χ3n) is 4.68. The number of urea groups is 1. The fourth-order valence-corrected chi connectivity index (χ4v) is 3.63. The maximum Gasteiger partial charge on any atom is 0.390 e. The lowest BCUT2D eigenvalue weighted by Crippen LogP contribution is -2.45. The van der Waals surface area contributed by atoms with E-state index in [4.69, 9.17) is 0 Å². The maximum atomic E-state index is 12.0. The quantitative estimate of drug-likeness (QED) is 0.811. The zero-order valence-corrected chi connectivity index (χ0v) is 13.1. The van der Waals surface area contributed by atoms with Crippen molar-refractivity contribution in [3.63, 3.8) is 0 Å². The van der Waals surface area contributed by atoms with E-state index in [-0.39, 0.29) is 6.42 Å². The third kappa shape index (κ3) is 6.01. The van der Waals surface area contributed by atoms with Crippen molar-refractivity contribution in [1.29, 1.82) is 0 Å². The van der Waals surface area contributed by atoms with Gasteiger partial charge in [-0.3, -0.25) is 15.0 Å². The number of amides is 3. The second kappa shape index (κ2) is 7.99. The Morgan fingerprint density at radius 3 is 2.61 bits per heavy atom. The Bertz CT molecular complexity index is 429. The van der Waals surface area contributed by atoms with E-state index in [0.29, 0.717) is 12.6 Å². The summed E-state index contributed by atoms with van der Waals surface area (Å²) in [7, 11) is 0. The molecule has 1 heterocycles. The van der Waals surface area contributed by atoms with Crippen LogP contribution < -0.4 is 10.6 Å². The van der Waals surface area contributed by atoms with Crippen molar-refractivity contribution in [2.45, 2.75) is 57.2 Å². The first-order chi connectivity index (χ1) is 10.8. The van der Waals surface area contributed by atoms with Crippen molar-refractivity contribution in [2.75, 3.05) is 19.6 Å². The number of rotatable bonds is 5.